The number of alkyl carbamates (subject to hydrolysis) is 1. The number of fused-ring (bicyclic) bond motifs is 7. The van der Waals surface area contributed by atoms with Crippen molar-refractivity contribution in [2.75, 3.05) is 13.1 Å². The van der Waals surface area contributed by atoms with Gasteiger partial charge in [0.15, 0.2) is 5.78 Å². The van der Waals surface area contributed by atoms with E-state index in [0.717, 1.165) is 56.1 Å². The minimum absolute atomic E-state index is 0.00769. The summed E-state index contributed by atoms with van der Waals surface area (Å²) >= 11 is 0. The summed E-state index contributed by atoms with van der Waals surface area (Å²) in [7, 11) is 0. The summed E-state index contributed by atoms with van der Waals surface area (Å²) < 4.78 is 5.34. The molecule has 248 valence electrons. The highest BCUT2D eigenvalue weighted by atomic mass is 16.6. The lowest BCUT2D eigenvalue weighted by molar-refractivity contribution is -0.228. The molecule has 0 saturated heterocycles. The Hall–Kier alpha value is -1.89. The van der Waals surface area contributed by atoms with Crippen LogP contribution >= 0.6 is 0 Å². The van der Waals surface area contributed by atoms with Crippen LogP contribution in [0.5, 0.6) is 0 Å². The molecule has 0 aliphatic heterocycles. The van der Waals surface area contributed by atoms with Crippen molar-refractivity contribution in [1.29, 1.82) is 0 Å². The predicted molar refractivity (Wildman–Crippen MR) is 173 cm³/mol. The van der Waals surface area contributed by atoms with Crippen LogP contribution in [0.15, 0.2) is 11.1 Å². The largest absolute Gasteiger partial charge is 0.444 e. The maximum Gasteiger partial charge on any atom is 0.407 e. The Morgan fingerprint density at radius 2 is 1.55 bits per heavy atom. The number of hydrogen-bond acceptors (Lipinski definition) is 5. The lowest BCUT2D eigenvalue weighted by atomic mass is 9.33. The SMILES string of the molecule is CC(C)C1=C2[C@H]3CC[C@@H]4[C@@]5(C)CC[C@H](O)C(C)(C)[C@@H]5CC[C@@]4(C)[C@]3(C)CC[C@@]2(C(=O)NCCNC(=O)OC(C)(C)C)CC1=O. The second kappa shape index (κ2) is 10.8. The number of allylic oxidation sites excluding steroid dienone is 1. The van der Waals surface area contributed by atoms with Crippen molar-refractivity contribution < 1.29 is 24.2 Å². The highest BCUT2D eigenvalue weighted by Crippen LogP contribution is 2.76. The molecule has 0 unspecified atom stereocenters. The van der Waals surface area contributed by atoms with Gasteiger partial charge in [-0.15, -0.1) is 0 Å². The number of Topliss-reactive ketones (excluding diaryl/α,β-unsaturated/α-hetero) is 1. The Balaban J connectivity index is 1.43. The molecule has 0 aromatic rings. The summed E-state index contributed by atoms with van der Waals surface area (Å²) in [6, 6.07) is 0. The number of carbonyl (C=O) groups excluding carboxylic acids is 3. The molecule has 2 amide bonds. The van der Waals surface area contributed by atoms with E-state index in [1.165, 1.54) is 0 Å². The summed E-state index contributed by atoms with van der Waals surface area (Å²) in [5, 5.41) is 16.9. The Kier molecular flexibility index (Phi) is 8.25. The zero-order valence-electron chi connectivity index (χ0n) is 29.2. The second-order valence-corrected chi connectivity index (χ2v) is 17.8. The molecular weight excluding hydrogens is 552 g/mol. The van der Waals surface area contributed by atoms with Crippen molar-refractivity contribution in [2.24, 2.45) is 50.7 Å². The van der Waals surface area contributed by atoms with Crippen LogP contribution < -0.4 is 10.6 Å². The zero-order valence-corrected chi connectivity index (χ0v) is 29.2. The van der Waals surface area contributed by atoms with Crippen molar-refractivity contribution in [2.45, 2.75) is 139 Å². The van der Waals surface area contributed by atoms with Crippen LogP contribution in [-0.4, -0.2) is 47.7 Å². The van der Waals surface area contributed by atoms with E-state index in [2.05, 4.69) is 59.1 Å². The predicted octanol–water partition coefficient (Wildman–Crippen LogP) is 6.97. The normalized spacial score (nSPS) is 41.3. The highest BCUT2D eigenvalue weighted by molar-refractivity contribution is 6.07. The molecule has 0 spiro atoms. The average Bonchev–Trinajstić information content (AvgIpc) is 3.21. The molecule has 5 rings (SSSR count). The summed E-state index contributed by atoms with van der Waals surface area (Å²) in [6.07, 6.45) is 7.47. The Labute approximate surface area is 266 Å². The third-order valence-electron chi connectivity index (χ3n) is 13.9. The summed E-state index contributed by atoms with van der Waals surface area (Å²) in [6.45, 7) is 22.4. The fraction of sp³-hybridized carbons (Fsp3) is 0.865. The maximum atomic E-state index is 14.2. The number of ether oxygens (including phenoxy) is 1. The molecule has 3 N–H and O–H groups in total. The van der Waals surface area contributed by atoms with Crippen molar-refractivity contribution in [3.8, 4) is 0 Å². The van der Waals surface area contributed by atoms with Gasteiger partial charge in [-0.25, -0.2) is 4.79 Å². The van der Waals surface area contributed by atoms with Crippen molar-refractivity contribution in [3.63, 3.8) is 0 Å². The number of ketones is 1. The summed E-state index contributed by atoms with van der Waals surface area (Å²) in [5.41, 5.74) is 0.855. The first-order valence-electron chi connectivity index (χ1n) is 17.5. The van der Waals surface area contributed by atoms with Crippen LogP contribution in [-0.2, 0) is 14.3 Å². The number of aliphatic hydroxyl groups is 1. The third kappa shape index (κ3) is 4.88. The van der Waals surface area contributed by atoms with Gasteiger partial charge in [0.05, 0.1) is 11.5 Å². The van der Waals surface area contributed by atoms with Gasteiger partial charge in [-0.1, -0.05) is 48.5 Å². The van der Waals surface area contributed by atoms with Gasteiger partial charge in [-0.3, -0.25) is 9.59 Å². The molecule has 0 bridgehead atoms. The van der Waals surface area contributed by atoms with Gasteiger partial charge in [0.2, 0.25) is 5.91 Å². The number of carbonyl (C=O) groups is 3. The molecule has 5 aliphatic carbocycles. The van der Waals surface area contributed by atoms with E-state index in [9.17, 15) is 19.5 Å². The van der Waals surface area contributed by atoms with Crippen LogP contribution in [0.4, 0.5) is 4.79 Å². The minimum Gasteiger partial charge on any atom is -0.444 e. The lowest BCUT2D eigenvalue weighted by Gasteiger charge is -2.72. The van der Waals surface area contributed by atoms with E-state index >= 15 is 0 Å². The van der Waals surface area contributed by atoms with E-state index in [1.54, 1.807) is 0 Å². The number of rotatable bonds is 5. The quantitative estimate of drug-likeness (QED) is 0.291. The molecule has 0 aromatic carbocycles. The molecule has 5 aliphatic rings. The van der Waals surface area contributed by atoms with Gasteiger partial charge in [0.25, 0.3) is 0 Å². The fourth-order valence-electron chi connectivity index (χ4n) is 11.7. The minimum atomic E-state index is -0.798. The Morgan fingerprint density at radius 3 is 2.18 bits per heavy atom. The molecule has 0 aromatic heterocycles. The van der Waals surface area contributed by atoms with Crippen LogP contribution in [0, 0.1) is 50.7 Å². The molecule has 7 nitrogen and oxygen atoms in total. The smallest absolute Gasteiger partial charge is 0.407 e. The number of aliphatic hydroxyl groups excluding tert-OH is 1. The fourth-order valence-corrected chi connectivity index (χ4v) is 11.7. The number of nitrogens with one attached hydrogen (secondary N) is 2. The monoisotopic (exact) mass is 612 g/mol. The standard InChI is InChI=1S/C37H60N2O5/c1-22(2)28-24(40)21-37(30(42)38-19-20-39-31(43)44-32(3,4)5)18-17-35(9)23(29(28)37)11-12-26-34(8)15-14-27(41)33(6,7)25(34)13-16-36(26,35)10/h22-23,25-27,41H,11-21H2,1-10H3,(H,38,42)(H,39,43)/t23-,25+,26-,27+,34+,35-,36-,37-/m1/s1. The van der Waals surface area contributed by atoms with Crippen LogP contribution in [0.2, 0.25) is 0 Å². The van der Waals surface area contributed by atoms with Gasteiger partial charge >= 0.3 is 6.09 Å². The molecular formula is C37H60N2O5. The first-order valence-corrected chi connectivity index (χ1v) is 17.5. The van der Waals surface area contributed by atoms with E-state index in [0.29, 0.717) is 24.8 Å². The van der Waals surface area contributed by atoms with Gasteiger partial charge in [0.1, 0.15) is 5.60 Å². The van der Waals surface area contributed by atoms with Crippen molar-refractivity contribution in [1.82, 2.24) is 10.6 Å². The van der Waals surface area contributed by atoms with Crippen LogP contribution in [0.25, 0.3) is 0 Å². The van der Waals surface area contributed by atoms with Gasteiger partial charge in [0, 0.05) is 19.5 Å². The first-order chi connectivity index (χ1) is 20.2. The summed E-state index contributed by atoms with van der Waals surface area (Å²) in [4.78, 5) is 40.1. The van der Waals surface area contributed by atoms with Crippen LogP contribution in [0.3, 0.4) is 0 Å². The average molecular weight is 613 g/mol. The topological polar surface area (TPSA) is 105 Å². The molecule has 4 saturated carbocycles. The van der Waals surface area contributed by atoms with E-state index < -0.39 is 17.1 Å². The van der Waals surface area contributed by atoms with Gasteiger partial charge in [-0.05, 0) is 129 Å². The molecule has 44 heavy (non-hydrogen) atoms. The Bertz CT molecular complexity index is 1230. The molecule has 0 radical (unpaired) electrons. The molecule has 0 heterocycles. The van der Waals surface area contributed by atoms with Gasteiger partial charge < -0.3 is 20.5 Å². The molecule has 4 fully saturated rings. The lowest BCUT2D eigenvalue weighted by Crippen LogP contribution is -2.66. The first kappa shape index (κ1) is 33.5. The van der Waals surface area contributed by atoms with Gasteiger partial charge in [-0.2, -0.15) is 0 Å². The van der Waals surface area contributed by atoms with E-state index in [-0.39, 0.29) is 64.3 Å². The van der Waals surface area contributed by atoms with Crippen molar-refractivity contribution >= 4 is 17.8 Å². The maximum absolute atomic E-state index is 14.2. The third-order valence-corrected chi connectivity index (χ3v) is 13.9. The number of hydrogen-bond donors (Lipinski definition) is 3. The number of amides is 2. The highest BCUT2D eigenvalue weighted by Gasteiger charge is 2.70. The second-order valence-electron chi connectivity index (χ2n) is 17.8. The zero-order chi connectivity index (χ0) is 32.7. The van der Waals surface area contributed by atoms with Crippen molar-refractivity contribution in [3.05, 3.63) is 11.1 Å². The van der Waals surface area contributed by atoms with Crippen LogP contribution in [0.1, 0.15) is 127 Å². The molecule has 8 atom stereocenters. The van der Waals surface area contributed by atoms with E-state index in [4.69, 9.17) is 4.74 Å². The Morgan fingerprint density at radius 1 is 0.886 bits per heavy atom. The summed E-state index contributed by atoms with van der Waals surface area (Å²) in [5.74, 6) is 1.42. The molecule has 7 heteroatoms. The van der Waals surface area contributed by atoms with E-state index in [1.807, 2.05) is 20.8 Å².